The lowest BCUT2D eigenvalue weighted by Crippen LogP contribution is -2.66. The number of nitrogens with one attached hydrogen (secondary N) is 1. The molecule has 3 rings (SSSR count). The molecule has 3 heterocycles. The van der Waals surface area contributed by atoms with Crippen molar-refractivity contribution in [1.29, 1.82) is 0 Å². The Morgan fingerprint density at radius 1 is 0.424 bits per heavy atom. The number of allylic oxidation sites excluding steroid dienone is 7. The van der Waals surface area contributed by atoms with Crippen molar-refractivity contribution in [2.75, 3.05) is 26.4 Å². The van der Waals surface area contributed by atoms with Crippen molar-refractivity contribution >= 4 is 5.91 Å². The van der Waals surface area contributed by atoms with E-state index in [9.17, 15) is 61.0 Å². The zero-order valence-electron chi connectivity index (χ0n) is 52.1. The summed E-state index contributed by atoms with van der Waals surface area (Å²) in [6.45, 7) is 1.58. The number of amides is 1. The molecule has 496 valence electrons. The first-order chi connectivity index (χ1) is 41.3. The van der Waals surface area contributed by atoms with E-state index >= 15 is 0 Å². The molecule has 3 saturated heterocycles. The molecule has 12 N–H and O–H groups in total. The zero-order chi connectivity index (χ0) is 61.9. The molecular formula is C66H119NO18. The fourth-order valence-corrected chi connectivity index (χ4v) is 11.1. The second-order valence-electron chi connectivity index (χ2n) is 23.9. The Bertz CT molecular complexity index is 1740. The van der Waals surface area contributed by atoms with Crippen LogP contribution >= 0.6 is 0 Å². The molecule has 3 aliphatic rings. The standard InChI is InChI=1S/C66H119NO18/c1-3-5-7-9-10-11-12-13-14-15-16-17-18-19-20-21-22-23-24-25-26-27-28-29-30-31-32-33-34-35-36-37-38-40-42-44-54(72)67-49(50(71)43-41-39-8-6-4-2)48-80-64-60(78)57(75)62(52(46-69)82-64)85-66-61(79)58(76)63(53(47-70)83-66)84-65-59(77)56(74)55(73)51(45-68)81-65/h12-13,15-16,18-19,41,43,49-53,55-66,68-71,73-79H,3-11,14,17,20-40,42,44-48H2,1-2H3,(H,67,72)/b13-12-,16-15-,19-18-,43-41+. The zero-order valence-corrected chi connectivity index (χ0v) is 52.1. The quantitative estimate of drug-likeness (QED) is 0.0204. The molecule has 19 heteroatoms. The molecule has 0 bridgehead atoms. The average molecular weight is 1210 g/mol. The van der Waals surface area contributed by atoms with Crippen LogP contribution in [0.25, 0.3) is 0 Å². The van der Waals surface area contributed by atoms with Crippen LogP contribution in [0.15, 0.2) is 48.6 Å². The van der Waals surface area contributed by atoms with E-state index in [1.54, 1.807) is 6.08 Å². The molecular weight excluding hydrogens is 1090 g/mol. The van der Waals surface area contributed by atoms with Gasteiger partial charge in [0.05, 0.1) is 38.6 Å². The molecule has 0 aromatic carbocycles. The highest BCUT2D eigenvalue weighted by Crippen LogP contribution is 2.33. The molecule has 0 radical (unpaired) electrons. The fraction of sp³-hybridized carbons (Fsp3) is 0.864. The first-order valence-electron chi connectivity index (χ1n) is 33.4. The van der Waals surface area contributed by atoms with Gasteiger partial charge in [-0.1, -0.05) is 217 Å². The minimum atomic E-state index is -1.98. The number of ether oxygens (including phenoxy) is 6. The fourth-order valence-electron chi connectivity index (χ4n) is 11.1. The van der Waals surface area contributed by atoms with Crippen LogP contribution < -0.4 is 5.32 Å². The summed E-state index contributed by atoms with van der Waals surface area (Å²) in [5, 5.41) is 120. The SMILES string of the molecule is CCCCC/C=C/C(O)C(COC1OC(CO)C(OC2OC(CO)C(OC3OC(CO)C(O)C(O)C3O)C(O)C2O)C(O)C1O)NC(=O)CCCCCCCCCCCCCCCCCCCCCC/C=C\C/C=C\C/C=C\CCCCCCC. The number of carbonyl (C=O) groups excluding carboxylic acids is 1. The summed E-state index contributed by atoms with van der Waals surface area (Å²) < 4.78 is 34.1. The van der Waals surface area contributed by atoms with Gasteiger partial charge in [0, 0.05) is 6.42 Å². The second kappa shape index (κ2) is 48.6. The van der Waals surface area contributed by atoms with Gasteiger partial charge >= 0.3 is 0 Å². The summed E-state index contributed by atoms with van der Waals surface area (Å²) >= 11 is 0. The predicted octanol–water partition coefficient (Wildman–Crippen LogP) is 7.83. The van der Waals surface area contributed by atoms with Gasteiger partial charge in [0.25, 0.3) is 0 Å². The Balaban J connectivity index is 1.26. The summed E-state index contributed by atoms with van der Waals surface area (Å²) in [6, 6.07) is -0.968. The van der Waals surface area contributed by atoms with Crippen molar-refractivity contribution in [2.45, 2.75) is 336 Å². The number of unbranched alkanes of at least 4 members (excludes halogenated alkanes) is 28. The summed E-state index contributed by atoms with van der Waals surface area (Å²) in [5.41, 5.74) is 0. The lowest BCUT2D eigenvalue weighted by Gasteiger charge is -2.48. The maximum Gasteiger partial charge on any atom is 0.220 e. The highest BCUT2D eigenvalue weighted by molar-refractivity contribution is 5.76. The number of aliphatic hydroxyl groups excluding tert-OH is 11. The van der Waals surface area contributed by atoms with Gasteiger partial charge in [0.2, 0.25) is 5.91 Å². The Labute approximate surface area is 510 Å². The molecule has 0 saturated carbocycles. The van der Waals surface area contributed by atoms with Crippen molar-refractivity contribution in [2.24, 2.45) is 0 Å². The summed E-state index contributed by atoms with van der Waals surface area (Å²) in [5.74, 6) is -0.282. The Hall–Kier alpha value is -2.25. The van der Waals surface area contributed by atoms with E-state index in [-0.39, 0.29) is 18.9 Å². The van der Waals surface area contributed by atoms with E-state index in [1.807, 2.05) is 6.08 Å². The molecule has 3 aliphatic heterocycles. The van der Waals surface area contributed by atoms with E-state index in [1.165, 1.54) is 148 Å². The van der Waals surface area contributed by atoms with Gasteiger partial charge in [-0.3, -0.25) is 4.79 Å². The van der Waals surface area contributed by atoms with E-state index in [0.29, 0.717) is 6.42 Å². The van der Waals surface area contributed by atoms with E-state index in [4.69, 9.17) is 28.4 Å². The monoisotopic (exact) mass is 1210 g/mol. The number of hydrogen-bond donors (Lipinski definition) is 12. The normalized spacial score (nSPS) is 29.3. The minimum Gasteiger partial charge on any atom is -0.394 e. The van der Waals surface area contributed by atoms with E-state index in [2.05, 4.69) is 55.6 Å². The van der Waals surface area contributed by atoms with Gasteiger partial charge in [0.1, 0.15) is 73.2 Å². The summed E-state index contributed by atoms with van der Waals surface area (Å²) in [7, 11) is 0. The van der Waals surface area contributed by atoms with E-state index in [0.717, 1.165) is 57.8 Å². The van der Waals surface area contributed by atoms with Crippen LogP contribution in [-0.2, 0) is 33.2 Å². The van der Waals surface area contributed by atoms with Crippen molar-refractivity contribution < 1.29 is 89.4 Å². The Morgan fingerprint density at radius 2 is 0.776 bits per heavy atom. The highest BCUT2D eigenvalue weighted by atomic mass is 16.8. The number of carbonyl (C=O) groups is 1. The van der Waals surface area contributed by atoms with Crippen LogP contribution in [0, 0.1) is 0 Å². The van der Waals surface area contributed by atoms with Crippen molar-refractivity contribution in [3.05, 3.63) is 48.6 Å². The lowest BCUT2D eigenvalue weighted by atomic mass is 9.96. The molecule has 85 heavy (non-hydrogen) atoms. The number of rotatable bonds is 50. The maximum absolute atomic E-state index is 13.2. The molecule has 0 aliphatic carbocycles. The summed E-state index contributed by atoms with van der Waals surface area (Å²) in [6.07, 6.45) is 30.6. The third-order valence-corrected chi connectivity index (χ3v) is 16.6. The smallest absolute Gasteiger partial charge is 0.220 e. The average Bonchev–Trinajstić information content (AvgIpc) is 1.93. The molecule has 0 spiro atoms. The first kappa shape index (κ1) is 77.0. The molecule has 3 fully saturated rings. The van der Waals surface area contributed by atoms with Crippen LogP contribution in [0.4, 0.5) is 0 Å². The second-order valence-corrected chi connectivity index (χ2v) is 23.9. The largest absolute Gasteiger partial charge is 0.394 e. The van der Waals surface area contributed by atoms with Gasteiger partial charge < -0.3 is 89.9 Å². The molecule has 19 nitrogen and oxygen atoms in total. The third kappa shape index (κ3) is 31.4. The van der Waals surface area contributed by atoms with Gasteiger partial charge in [-0.05, 0) is 57.8 Å². The van der Waals surface area contributed by atoms with Crippen LogP contribution in [0.3, 0.4) is 0 Å². The number of hydrogen-bond acceptors (Lipinski definition) is 18. The van der Waals surface area contributed by atoms with Gasteiger partial charge in [-0.15, -0.1) is 0 Å². The third-order valence-electron chi connectivity index (χ3n) is 16.6. The van der Waals surface area contributed by atoms with E-state index < -0.39 is 124 Å². The summed E-state index contributed by atoms with van der Waals surface area (Å²) in [4.78, 5) is 13.2. The lowest BCUT2D eigenvalue weighted by molar-refractivity contribution is -0.379. The molecule has 0 aromatic rings. The Kier molecular flexibility index (Phi) is 44.0. The minimum absolute atomic E-state index is 0.243. The van der Waals surface area contributed by atoms with Gasteiger partial charge in [-0.2, -0.15) is 0 Å². The molecule has 17 atom stereocenters. The first-order valence-corrected chi connectivity index (χ1v) is 33.4. The topological polar surface area (TPSA) is 307 Å². The van der Waals surface area contributed by atoms with Crippen LogP contribution in [0.1, 0.15) is 232 Å². The molecule has 1 amide bonds. The van der Waals surface area contributed by atoms with Crippen molar-refractivity contribution in [3.63, 3.8) is 0 Å². The molecule has 0 aromatic heterocycles. The van der Waals surface area contributed by atoms with Crippen LogP contribution in [0.2, 0.25) is 0 Å². The number of aliphatic hydroxyl groups is 11. The van der Waals surface area contributed by atoms with Gasteiger partial charge in [-0.25, -0.2) is 0 Å². The van der Waals surface area contributed by atoms with Crippen molar-refractivity contribution in [1.82, 2.24) is 5.32 Å². The van der Waals surface area contributed by atoms with Crippen LogP contribution in [-0.4, -0.2) is 193 Å². The van der Waals surface area contributed by atoms with Crippen molar-refractivity contribution in [3.8, 4) is 0 Å². The molecule has 17 unspecified atom stereocenters. The highest BCUT2D eigenvalue weighted by Gasteiger charge is 2.53. The predicted molar refractivity (Wildman–Crippen MR) is 328 cm³/mol. The maximum atomic E-state index is 13.2. The van der Waals surface area contributed by atoms with Gasteiger partial charge in [0.15, 0.2) is 18.9 Å². The van der Waals surface area contributed by atoms with Crippen LogP contribution in [0.5, 0.6) is 0 Å². The Morgan fingerprint density at radius 3 is 1.24 bits per heavy atom.